The van der Waals surface area contributed by atoms with Crippen LogP contribution in [0.2, 0.25) is 0 Å². The number of carbonyl (C=O) groups excluding carboxylic acids is 1. The molecule has 3 fully saturated rings. The lowest BCUT2D eigenvalue weighted by Crippen LogP contribution is -2.45. The fourth-order valence-corrected chi connectivity index (χ4v) is 10.2. The number of carboxylic acid groups (broad SMARTS) is 1. The van der Waals surface area contributed by atoms with E-state index in [1.54, 1.807) is 22.9 Å². The van der Waals surface area contributed by atoms with Gasteiger partial charge in [-0.2, -0.15) is 0 Å². The van der Waals surface area contributed by atoms with E-state index in [-0.39, 0.29) is 28.7 Å². The van der Waals surface area contributed by atoms with Gasteiger partial charge in [0.2, 0.25) is 0 Å². The third-order valence-corrected chi connectivity index (χ3v) is 13.7. The number of amides is 1. The lowest BCUT2D eigenvalue weighted by atomic mass is 9.90. The second kappa shape index (κ2) is 18.2. The van der Waals surface area contributed by atoms with E-state index in [2.05, 4.69) is 56.4 Å². The zero-order valence-electron chi connectivity index (χ0n) is 37.3. The van der Waals surface area contributed by atoms with Gasteiger partial charge in [0.25, 0.3) is 11.5 Å². The number of aromatic nitrogens is 7. The molecule has 2 aromatic carbocycles. The van der Waals surface area contributed by atoms with E-state index >= 15 is 0 Å². The fraction of sp³-hybridized carbons (Fsp3) is 0.314. The minimum Gasteiger partial charge on any atom is -0.476 e. The Bertz CT molecular complexity index is 3280. The monoisotopic (exact) mass is 902 g/mol. The largest absolute Gasteiger partial charge is 0.476 e. The summed E-state index contributed by atoms with van der Waals surface area (Å²) < 4.78 is 20.8. The summed E-state index contributed by atoms with van der Waals surface area (Å²) in [7, 11) is 4.26. The molecule has 1 amide bonds. The molecule has 15 nitrogen and oxygen atoms in total. The molecular weight excluding hydrogens is 852 g/mol. The summed E-state index contributed by atoms with van der Waals surface area (Å²) in [5.74, 6) is -1.89. The lowest BCUT2D eigenvalue weighted by molar-refractivity contribution is 0.0691. The molecule has 0 radical (unpaired) electrons. The summed E-state index contributed by atoms with van der Waals surface area (Å²) in [6.45, 7) is 2.19. The van der Waals surface area contributed by atoms with Crippen LogP contribution >= 0.6 is 0 Å². The van der Waals surface area contributed by atoms with Gasteiger partial charge in [-0.15, -0.1) is 0 Å². The lowest BCUT2D eigenvalue weighted by Gasteiger charge is -2.30. The molecule has 3 aliphatic rings. The van der Waals surface area contributed by atoms with Gasteiger partial charge in [-0.3, -0.25) is 24.0 Å². The first kappa shape index (κ1) is 43.6. The van der Waals surface area contributed by atoms with E-state index in [0.29, 0.717) is 60.4 Å². The van der Waals surface area contributed by atoms with Crippen molar-refractivity contribution in [2.24, 2.45) is 0 Å². The molecule has 0 spiro atoms. The standard InChI is InChI=1S/C38H36FN7O3.C13H15N3O2/c1-43-18-6-11-33(43)26-12-17-34-42-32(23-44(34)22-26)36(47)41-28-13-15-29(16-14-28)46-37(48)31-20-27(39)21-40-35(31)45(38(46)49)30-10-5-9-25(19-30)24-7-3-2-4-8-24;1-15-6-2-3-11(15)9-4-5-12-14-10(13(17)18)8-16(12)7-9/h2-5,7-10,12,17,19-23,28-29,33H,6,11,13-16,18H2,1H3,(H,41,47);4-5,7-8,11H,2-3,6H2,1H3,(H,17,18)/t28-,29+,33?;. The number of benzene rings is 2. The zero-order valence-corrected chi connectivity index (χ0v) is 37.3. The van der Waals surface area contributed by atoms with Crippen molar-refractivity contribution >= 4 is 34.2 Å². The van der Waals surface area contributed by atoms with Gasteiger partial charge in [0.1, 0.15) is 22.8 Å². The summed E-state index contributed by atoms with van der Waals surface area (Å²) in [5.41, 5.74) is 5.66. The van der Waals surface area contributed by atoms with Gasteiger partial charge in [-0.05, 0) is 131 Å². The molecule has 2 saturated heterocycles. The number of nitrogens with zero attached hydrogens (tertiary/aromatic N) is 9. The van der Waals surface area contributed by atoms with Crippen molar-refractivity contribution in [3.63, 3.8) is 0 Å². The van der Waals surface area contributed by atoms with Crippen molar-refractivity contribution in [3.8, 4) is 16.8 Å². The van der Waals surface area contributed by atoms with E-state index in [9.17, 15) is 23.6 Å². The van der Waals surface area contributed by atoms with Gasteiger partial charge in [-0.1, -0.05) is 54.6 Å². The third kappa shape index (κ3) is 8.65. The van der Waals surface area contributed by atoms with E-state index < -0.39 is 29.1 Å². The van der Waals surface area contributed by atoms with Crippen LogP contribution in [0, 0.1) is 5.82 Å². The summed E-state index contributed by atoms with van der Waals surface area (Å²) in [6, 6.07) is 26.6. The highest BCUT2D eigenvalue weighted by Gasteiger charge is 2.30. The summed E-state index contributed by atoms with van der Waals surface area (Å²) >= 11 is 0. The van der Waals surface area contributed by atoms with Crippen LogP contribution in [0.15, 0.2) is 126 Å². The first-order valence-electron chi connectivity index (χ1n) is 22.9. The highest BCUT2D eigenvalue weighted by Crippen LogP contribution is 2.32. The summed E-state index contributed by atoms with van der Waals surface area (Å²) in [4.78, 5) is 69.7. The number of halogens is 1. The van der Waals surface area contributed by atoms with Gasteiger partial charge in [0, 0.05) is 49.0 Å². The smallest absolute Gasteiger partial charge is 0.356 e. The van der Waals surface area contributed by atoms with Gasteiger partial charge >= 0.3 is 11.7 Å². The average molecular weight is 903 g/mol. The van der Waals surface area contributed by atoms with Crippen molar-refractivity contribution in [1.82, 2.24) is 48.0 Å². The number of hydrogen-bond donors (Lipinski definition) is 2. The number of pyridine rings is 3. The molecule has 8 heterocycles. The van der Waals surface area contributed by atoms with Crippen LogP contribution in [-0.2, 0) is 0 Å². The minimum atomic E-state index is -0.988. The number of likely N-dealkylation sites (tertiary alicyclic amines) is 2. The van der Waals surface area contributed by atoms with Crippen molar-refractivity contribution in [1.29, 1.82) is 0 Å². The average Bonchev–Trinajstić information content (AvgIpc) is 4.17. The molecule has 2 N–H and O–H groups in total. The van der Waals surface area contributed by atoms with E-state index in [0.717, 1.165) is 49.3 Å². The maximum absolute atomic E-state index is 14.5. The Morgan fingerprint density at radius 1 is 0.701 bits per heavy atom. The molecule has 8 aromatic rings. The predicted octanol–water partition coefficient (Wildman–Crippen LogP) is 7.48. The molecule has 1 saturated carbocycles. The first-order valence-corrected chi connectivity index (χ1v) is 22.9. The number of nitrogens with one attached hydrogen (secondary N) is 1. The van der Waals surface area contributed by atoms with E-state index in [4.69, 9.17) is 5.11 Å². The number of carbonyl (C=O) groups is 2. The highest BCUT2D eigenvalue weighted by molar-refractivity contribution is 5.93. The molecule has 67 heavy (non-hydrogen) atoms. The van der Waals surface area contributed by atoms with Gasteiger partial charge in [0.15, 0.2) is 11.3 Å². The maximum Gasteiger partial charge on any atom is 0.356 e. The minimum absolute atomic E-state index is 0.0368. The Hall–Kier alpha value is -7.30. The number of imidazole rings is 2. The van der Waals surface area contributed by atoms with Crippen LogP contribution in [0.3, 0.4) is 0 Å². The Labute approximate surface area is 384 Å². The molecule has 1 aliphatic carbocycles. The second-order valence-electron chi connectivity index (χ2n) is 18.0. The van der Waals surface area contributed by atoms with Crippen molar-refractivity contribution < 1.29 is 19.1 Å². The second-order valence-corrected chi connectivity index (χ2v) is 18.0. The predicted molar refractivity (Wildman–Crippen MR) is 252 cm³/mol. The zero-order chi connectivity index (χ0) is 46.3. The number of carboxylic acids is 1. The summed E-state index contributed by atoms with van der Waals surface area (Å²) in [5, 5.41) is 12.1. The van der Waals surface area contributed by atoms with E-state index in [1.165, 1.54) is 33.1 Å². The Morgan fingerprint density at radius 2 is 1.31 bits per heavy atom. The molecular formula is C51H51FN10O5. The first-order chi connectivity index (χ1) is 32.5. The van der Waals surface area contributed by atoms with Crippen LogP contribution in [0.5, 0.6) is 0 Å². The number of hydrogen-bond acceptors (Lipinski definition) is 9. The van der Waals surface area contributed by atoms with Crippen LogP contribution in [0.1, 0.15) is 102 Å². The van der Waals surface area contributed by atoms with E-state index in [1.807, 2.05) is 77.3 Å². The number of aromatic carboxylic acids is 1. The van der Waals surface area contributed by atoms with Crippen LogP contribution in [-0.4, -0.2) is 92.9 Å². The van der Waals surface area contributed by atoms with Crippen molar-refractivity contribution in [2.45, 2.75) is 75.5 Å². The molecule has 2 aliphatic heterocycles. The summed E-state index contributed by atoms with van der Waals surface area (Å²) in [6.07, 6.45) is 15.2. The topological polar surface area (TPSA) is 164 Å². The Morgan fingerprint density at radius 3 is 1.93 bits per heavy atom. The van der Waals surface area contributed by atoms with Crippen molar-refractivity contribution in [2.75, 3.05) is 27.2 Å². The maximum atomic E-state index is 14.5. The Kier molecular flexibility index (Phi) is 11.8. The fourth-order valence-electron chi connectivity index (χ4n) is 10.2. The quantitative estimate of drug-likeness (QED) is 0.156. The SMILES string of the molecule is CN1CCCC1c1ccc2nc(C(=O)N[C@H]3CC[C@@H](n4c(=O)c5cc(F)cnc5n(-c5cccc(-c6ccccc6)c5)c4=O)CC3)cn2c1.CN1CCCC1c1ccc2nc(C(=O)O)cn2c1. The molecule has 2 atom stereocenters. The molecule has 6 aromatic heterocycles. The van der Waals surface area contributed by atoms with Gasteiger partial charge in [-0.25, -0.2) is 33.5 Å². The third-order valence-electron chi connectivity index (χ3n) is 13.7. The molecule has 0 bridgehead atoms. The van der Waals surface area contributed by atoms with Crippen LogP contribution < -0.4 is 16.6 Å². The molecule has 342 valence electrons. The Balaban J connectivity index is 0.000000243. The van der Waals surface area contributed by atoms with Crippen molar-refractivity contribution in [3.05, 3.63) is 165 Å². The molecule has 11 rings (SSSR count). The number of fused-ring (bicyclic) bond motifs is 3. The van der Waals surface area contributed by atoms with Crippen LogP contribution in [0.25, 0.3) is 39.1 Å². The van der Waals surface area contributed by atoms with Crippen LogP contribution in [0.4, 0.5) is 4.39 Å². The molecule has 2 unspecified atom stereocenters. The van der Waals surface area contributed by atoms with Gasteiger partial charge < -0.3 is 19.2 Å². The normalized spacial score (nSPS) is 20.0. The molecule has 16 heteroatoms. The number of rotatable bonds is 8. The van der Waals surface area contributed by atoms with Gasteiger partial charge in [0.05, 0.1) is 17.3 Å². The highest BCUT2D eigenvalue weighted by atomic mass is 19.1.